The SMILES string of the molecule is O=C(O)C1(CCCCCc2cc(O)c(C3CC3(CCCCCc3ccc(O)cc3CCCCC3(C(=O)O)CC3)C(=O)O)cc2CCCCC2(C(=O)O)CC2)CC1. The second kappa shape index (κ2) is 17.2. The van der Waals surface area contributed by atoms with E-state index < -0.39 is 45.5 Å². The molecule has 0 saturated heterocycles. The minimum Gasteiger partial charge on any atom is -0.508 e. The third kappa shape index (κ3) is 9.71. The van der Waals surface area contributed by atoms with E-state index in [0.29, 0.717) is 37.7 Å². The van der Waals surface area contributed by atoms with Crippen LogP contribution in [0.5, 0.6) is 11.5 Å². The molecular formula is C46H62O10. The van der Waals surface area contributed by atoms with Crippen LogP contribution in [0, 0.1) is 21.7 Å². The summed E-state index contributed by atoms with van der Waals surface area (Å²) in [5.74, 6) is -2.84. The highest BCUT2D eigenvalue weighted by molar-refractivity contribution is 5.81. The van der Waals surface area contributed by atoms with E-state index in [1.165, 1.54) is 5.56 Å². The molecule has 2 aromatic carbocycles. The molecule has 0 aliphatic heterocycles. The molecule has 6 rings (SSSR count). The van der Waals surface area contributed by atoms with Crippen molar-refractivity contribution in [2.24, 2.45) is 21.7 Å². The molecule has 306 valence electrons. The van der Waals surface area contributed by atoms with E-state index in [1.807, 2.05) is 24.3 Å². The Morgan fingerprint density at radius 1 is 0.482 bits per heavy atom. The number of aromatic hydroxyl groups is 2. The molecule has 4 saturated carbocycles. The first-order valence-electron chi connectivity index (χ1n) is 21.3. The van der Waals surface area contributed by atoms with Gasteiger partial charge in [-0.2, -0.15) is 0 Å². The molecule has 2 aromatic rings. The average Bonchev–Trinajstić information content (AvgIpc) is 3.95. The van der Waals surface area contributed by atoms with Gasteiger partial charge in [-0.1, -0.05) is 50.7 Å². The number of phenolic OH excluding ortho intramolecular Hbond substituents is 2. The fraction of sp³-hybridized carbons (Fsp3) is 0.652. The van der Waals surface area contributed by atoms with Gasteiger partial charge in [0.25, 0.3) is 0 Å². The third-order valence-electron chi connectivity index (χ3n) is 14.2. The maximum atomic E-state index is 12.8. The van der Waals surface area contributed by atoms with Gasteiger partial charge >= 0.3 is 23.9 Å². The van der Waals surface area contributed by atoms with Gasteiger partial charge in [-0.3, -0.25) is 19.2 Å². The number of rotatable bonds is 27. The lowest BCUT2D eigenvalue weighted by Gasteiger charge is -2.17. The minimum atomic E-state index is -0.919. The topological polar surface area (TPSA) is 190 Å². The highest BCUT2D eigenvalue weighted by atomic mass is 16.4. The molecule has 0 heterocycles. The van der Waals surface area contributed by atoms with Crippen molar-refractivity contribution in [3.63, 3.8) is 0 Å². The van der Waals surface area contributed by atoms with Crippen LogP contribution in [0.1, 0.15) is 169 Å². The smallest absolute Gasteiger partial charge is 0.310 e. The Hall–Kier alpha value is -4.08. The van der Waals surface area contributed by atoms with Crippen molar-refractivity contribution in [2.75, 3.05) is 0 Å². The van der Waals surface area contributed by atoms with Crippen LogP contribution >= 0.6 is 0 Å². The van der Waals surface area contributed by atoms with Crippen molar-refractivity contribution < 1.29 is 49.8 Å². The van der Waals surface area contributed by atoms with E-state index in [1.54, 1.807) is 6.07 Å². The maximum Gasteiger partial charge on any atom is 0.310 e. The van der Waals surface area contributed by atoms with Gasteiger partial charge < -0.3 is 30.6 Å². The van der Waals surface area contributed by atoms with Crippen LogP contribution < -0.4 is 0 Å². The van der Waals surface area contributed by atoms with E-state index in [9.17, 15) is 49.8 Å². The largest absolute Gasteiger partial charge is 0.508 e. The normalized spacial score (nSPS) is 22.0. The van der Waals surface area contributed by atoms with Gasteiger partial charge in [0.15, 0.2) is 0 Å². The van der Waals surface area contributed by atoms with E-state index >= 15 is 0 Å². The highest BCUT2D eigenvalue weighted by Crippen LogP contribution is 2.64. The second-order valence-electron chi connectivity index (χ2n) is 18.1. The van der Waals surface area contributed by atoms with E-state index in [0.717, 1.165) is 145 Å². The Morgan fingerprint density at radius 2 is 0.893 bits per heavy atom. The number of phenols is 2. The summed E-state index contributed by atoms with van der Waals surface area (Å²) in [5.41, 5.74) is 2.54. The van der Waals surface area contributed by atoms with E-state index in [2.05, 4.69) is 0 Å². The lowest BCUT2D eigenvalue weighted by atomic mass is 9.88. The summed E-state index contributed by atoms with van der Waals surface area (Å²) < 4.78 is 0. The monoisotopic (exact) mass is 774 g/mol. The number of carboxylic acids is 4. The van der Waals surface area contributed by atoms with Gasteiger partial charge in [-0.25, -0.2) is 0 Å². The molecule has 10 nitrogen and oxygen atoms in total. The van der Waals surface area contributed by atoms with Crippen molar-refractivity contribution >= 4 is 23.9 Å². The number of hydrogen-bond donors (Lipinski definition) is 6. The fourth-order valence-electron chi connectivity index (χ4n) is 9.47. The number of unbranched alkanes of at least 4 members (excludes halogenated alkanes) is 6. The number of aliphatic carboxylic acids is 4. The zero-order chi connectivity index (χ0) is 40.1. The Bertz CT molecular complexity index is 1770. The van der Waals surface area contributed by atoms with Crippen LogP contribution in [0.2, 0.25) is 0 Å². The lowest BCUT2D eigenvalue weighted by Crippen LogP contribution is -2.17. The Morgan fingerprint density at radius 3 is 1.36 bits per heavy atom. The number of aryl methyl sites for hydroxylation is 4. The molecule has 10 heteroatoms. The van der Waals surface area contributed by atoms with Crippen LogP contribution in [0.4, 0.5) is 0 Å². The Balaban J connectivity index is 1.02. The Kier molecular flexibility index (Phi) is 12.8. The second-order valence-corrected chi connectivity index (χ2v) is 18.1. The molecule has 6 N–H and O–H groups in total. The van der Waals surface area contributed by atoms with Crippen LogP contribution in [-0.4, -0.2) is 54.5 Å². The van der Waals surface area contributed by atoms with E-state index in [-0.39, 0.29) is 17.4 Å². The standard InChI is InChI=1S/C46H62O10/c47-35-16-15-31(32(27-35)13-5-9-18-44(23-24-44)40(51)52)11-3-2-8-20-46(42(55)56)30-37(46)36-28-33(14-6-10-19-45(25-26-45)41(53)54)34(29-38(36)48)12-4-1-7-17-43(21-22-43)39(49)50/h15-16,27-29,37,47-48H,1-14,17-26,30H2,(H,49,50)(H,51,52)(H,53,54)(H,55,56). The molecule has 0 radical (unpaired) electrons. The van der Waals surface area contributed by atoms with Crippen molar-refractivity contribution in [3.8, 4) is 11.5 Å². The molecular weight excluding hydrogens is 712 g/mol. The molecule has 4 aliphatic rings. The van der Waals surface area contributed by atoms with Crippen LogP contribution in [-0.2, 0) is 44.9 Å². The first-order chi connectivity index (χ1) is 26.7. The van der Waals surface area contributed by atoms with Gasteiger partial charge in [0.1, 0.15) is 11.5 Å². The Labute approximate surface area is 330 Å². The molecule has 56 heavy (non-hydrogen) atoms. The zero-order valence-electron chi connectivity index (χ0n) is 33.0. The third-order valence-corrected chi connectivity index (χ3v) is 14.2. The molecule has 2 unspecified atom stereocenters. The van der Waals surface area contributed by atoms with Crippen LogP contribution in [0.3, 0.4) is 0 Å². The molecule has 0 amide bonds. The van der Waals surface area contributed by atoms with Crippen LogP contribution in [0.15, 0.2) is 30.3 Å². The predicted molar refractivity (Wildman–Crippen MR) is 211 cm³/mol. The number of hydrogen-bond acceptors (Lipinski definition) is 6. The van der Waals surface area contributed by atoms with Gasteiger partial charge in [0, 0.05) is 5.92 Å². The lowest BCUT2D eigenvalue weighted by molar-refractivity contribution is -0.144. The van der Waals surface area contributed by atoms with Gasteiger partial charge in [0.2, 0.25) is 0 Å². The van der Waals surface area contributed by atoms with Crippen molar-refractivity contribution in [1.29, 1.82) is 0 Å². The first kappa shape index (κ1) is 41.6. The summed E-state index contributed by atoms with van der Waals surface area (Å²) >= 11 is 0. The summed E-state index contributed by atoms with van der Waals surface area (Å²) in [7, 11) is 0. The predicted octanol–water partition coefficient (Wildman–Crippen LogP) is 9.58. The van der Waals surface area contributed by atoms with Crippen molar-refractivity contribution in [1.82, 2.24) is 0 Å². The van der Waals surface area contributed by atoms with Crippen molar-refractivity contribution in [2.45, 2.75) is 166 Å². The zero-order valence-corrected chi connectivity index (χ0v) is 33.0. The number of benzene rings is 2. The van der Waals surface area contributed by atoms with Gasteiger partial charge in [-0.05, 0) is 168 Å². The number of carbonyl (C=O) groups is 4. The van der Waals surface area contributed by atoms with Crippen LogP contribution in [0.25, 0.3) is 0 Å². The average molecular weight is 775 g/mol. The molecule has 0 aromatic heterocycles. The molecule has 0 spiro atoms. The molecule has 0 bridgehead atoms. The summed E-state index contributed by atoms with van der Waals surface area (Å²) in [6.07, 6.45) is 19.0. The molecule has 2 atom stereocenters. The number of carboxylic acid groups (broad SMARTS) is 4. The van der Waals surface area contributed by atoms with E-state index in [4.69, 9.17) is 0 Å². The molecule has 4 fully saturated rings. The summed E-state index contributed by atoms with van der Waals surface area (Å²) in [4.78, 5) is 47.6. The summed E-state index contributed by atoms with van der Waals surface area (Å²) in [6.45, 7) is 0. The summed E-state index contributed by atoms with van der Waals surface area (Å²) in [5, 5.41) is 60.6. The van der Waals surface area contributed by atoms with Crippen molar-refractivity contribution in [3.05, 3.63) is 58.1 Å². The highest BCUT2D eigenvalue weighted by Gasteiger charge is 2.61. The maximum absolute atomic E-state index is 12.8. The van der Waals surface area contributed by atoms with Gasteiger partial charge in [0.05, 0.1) is 21.7 Å². The first-order valence-corrected chi connectivity index (χ1v) is 21.3. The fourth-order valence-corrected chi connectivity index (χ4v) is 9.47. The molecule has 4 aliphatic carbocycles. The van der Waals surface area contributed by atoms with Gasteiger partial charge in [-0.15, -0.1) is 0 Å². The minimum absolute atomic E-state index is 0.137. The quantitative estimate of drug-likeness (QED) is 0.0477. The summed E-state index contributed by atoms with van der Waals surface area (Å²) in [6, 6.07) is 9.31.